The average Bonchev–Trinajstić information content (AvgIpc) is 2.17. The lowest BCUT2D eigenvalue weighted by Crippen LogP contribution is -2.23. The molecule has 0 saturated carbocycles. The Balaban J connectivity index is 2.46. The second-order valence-corrected chi connectivity index (χ2v) is 3.19. The number of benzene rings is 1. The summed E-state index contributed by atoms with van der Waals surface area (Å²) in [7, 11) is 0. The summed E-state index contributed by atoms with van der Waals surface area (Å²) in [4.78, 5) is 0. The van der Waals surface area contributed by atoms with E-state index in [2.05, 4.69) is 0 Å². The van der Waals surface area contributed by atoms with E-state index in [1.165, 1.54) is 0 Å². The number of nitrogens with two attached hydrogens (primary N) is 1. The Hall–Kier alpha value is -1.22. The Kier molecular flexibility index (Phi) is 4.26. The fourth-order valence-electron chi connectivity index (χ4n) is 1.03. The molecule has 0 fully saturated rings. The van der Waals surface area contributed by atoms with Crippen LogP contribution in [-0.4, -0.2) is 19.3 Å². The Bertz CT molecular complexity index is 256. The predicted molar refractivity (Wildman–Crippen MR) is 56.8 cm³/mol. The highest BCUT2D eigenvalue weighted by molar-refractivity contribution is 5.31. The number of ether oxygens (including phenoxy) is 2. The van der Waals surface area contributed by atoms with Crippen molar-refractivity contribution in [3.8, 4) is 11.5 Å². The van der Waals surface area contributed by atoms with Crippen molar-refractivity contribution in [3.63, 3.8) is 0 Å². The van der Waals surface area contributed by atoms with E-state index in [0.717, 1.165) is 11.5 Å². The van der Waals surface area contributed by atoms with Crippen molar-refractivity contribution in [3.05, 3.63) is 24.3 Å². The van der Waals surface area contributed by atoms with E-state index < -0.39 is 0 Å². The van der Waals surface area contributed by atoms with Gasteiger partial charge in [0.1, 0.15) is 18.1 Å². The summed E-state index contributed by atoms with van der Waals surface area (Å²) < 4.78 is 10.7. The summed E-state index contributed by atoms with van der Waals surface area (Å²) in [6, 6.07) is 7.60. The largest absolute Gasteiger partial charge is 0.494 e. The molecule has 3 nitrogen and oxygen atoms in total. The lowest BCUT2D eigenvalue weighted by molar-refractivity contribution is 0.294. The molecule has 0 aliphatic heterocycles. The van der Waals surface area contributed by atoms with Gasteiger partial charge in [0.15, 0.2) is 0 Å². The standard InChI is InChI=1S/C11H17NO2/c1-3-13-10-4-6-11(7-5-10)14-8-9(2)12/h4-7,9H,3,8,12H2,1-2H3. The molecule has 0 saturated heterocycles. The highest BCUT2D eigenvalue weighted by Gasteiger charge is 1.97. The van der Waals surface area contributed by atoms with Crippen molar-refractivity contribution in [2.75, 3.05) is 13.2 Å². The van der Waals surface area contributed by atoms with E-state index >= 15 is 0 Å². The van der Waals surface area contributed by atoms with Crippen LogP contribution in [0.3, 0.4) is 0 Å². The van der Waals surface area contributed by atoms with Gasteiger partial charge in [0.25, 0.3) is 0 Å². The highest BCUT2D eigenvalue weighted by Crippen LogP contribution is 2.17. The predicted octanol–water partition coefficient (Wildman–Crippen LogP) is 1.81. The average molecular weight is 195 g/mol. The molecule has 0 amide bonds. The van der Waals surface area contributed by atoms with Crippen molar-refractivity contribution in [1.82, 2.24) is 0 Å². The Morgan fingerprint density at radius 2 is 1.64 bits per heavy atom. The third-order valence-corrected chi connectivity index (χ3v) is 1.65. The van der Waals surface area contributed by atoms with Gasteiger partial charge in [0, 0.05) is 6.04 Å². The van der Waals surface area contributed by atoms with Crippen LogP contribution in [0.4, 0.5) is 0 Å². The van der Waals surface area contributed by atoms with Gasteiger partial charge in [-0.15, -0.1) is 0 Å². The van der Waals surface area contributed by atoms with E-state index in [0.29, 0.717) is 13.2 Å². The molecule has 1 aromatic carbocycles. The van der Waals surface area contributed by atoms with Crippen LogP contribution in [0.15, 0.2) is 24.3 Å². The fraction of sp³-hybridized carbons (Fsp3) is 0.455. The van der Waals surface area contributed by atoms with Crippen molar-refractivity contribution < 1.29 is 9.47 Å². The molecule has 14 heavy (non-hydrogen) atoms. The van der Waals surface area contributed by atoms with Crippen LogP contribution in [0.2, 0.25) is 0 Å². The van der Waals surface area contributed by atoms with Gasteiger partial charge < -0.3 is 15.2 Å². The van der Waals surface area contributed by atoms with Gasteiger partial charge >= 0.3 is 0 Å². The lowest BCUT2D eigenvalue weighted by Gasteiger charge is -2.09. The zero-order valence-electron chi connectivity index (χ0n) is 8.69. The van der Waals surface area contributed by atoms with E-state index in [9.17, 15) is 0 Å². The van der Waals surface area contributed by atoms with E-state index in [-0.39, 0.29) is 6.04 Å². The van der Waals surface area contributed by atoms with E-state index in [1.54, 1.807) is 0 Å². The van der Waals surface area contributed by atoms with Crippen LogP contribution in [0, 0.1) is 0 Å². The molecular weight excluding hydrogens is 178 g/mol. The maximum Gasteiger partial charge on any atom is 0.119 e. The zero-order chi connectivity index (χ0) is 10.4. The first-order valence-corrected chi connectivity index (χ1v) is 4.83. The van der Waals surface area contributed by atoms with E-state index in [4.69, 9.17) is 15.2 Å². The molecule has 1 aromatic rings. The topological polar surface area (TPSA) is 44.5 Å². The molecule has 1 atom stereocenters. The minimum absolute atomic E-state index is 0.0570. The van der Waals surface area contributed by atoms with Gasteiger partial charge in [-0.3, -0.25) is 0 Å². The molecule has 3 heteroatoms. The van der Waals surface area contributed by atoms with Crippen LogP contribution in [0.1, 0.15) is 13.8 Å². The maximum absolute atomic E-state index is 5.57. The van der Waals surface area contributed by atoms with E-state index in [1.807, 2.05) is 38.1 Å². The molecule has 0 aromatic heterocycles. The second-order valence-electron chi connectivity index (χ2n) is 3.19. The van der Waals surface area contributed by atoms with Gasteiger partial charge in [-0.25, -0.2) is 0 Å². The summed E-state index contributed by atoms with van der Waals surface area (Å²) in [6.07, 6.45) is 0. The molecular formula is C11H17NO2. The third kappa shape index (κ3) is 3.66. The highest BCUT2D eigenvalue weighted by atomic mass is 16.5. The first kappa shape index (κ1) is 10.9. The maximum atomic E-state index is 5.57. The number of hydrogen-bond donors (Lipinski definition) is 1. The number of hydrogen-bond acceptors (Lipinski definition) is 3. The first-order chi connectivity index (χ1) is 6.72. The summed E-state index contributed by atoms with van der Waals surface area (Å²) in [5.74, 6) is 1.69. The van der Waals surface area contributed by atoms with Gasteiger partial charge in [0.2, 0.25) is 0 Å². The van der Waals surface area contributed by atoms with Crippen molar-refractivity contribution in [2.45, 2.75) is 19.9 Å². The molecule has 0 spiro atoms. The number of rotatable bonds is 5. The summed E-state index contributed by atoms with van der Waals surface area (Å²) in [5, 5.41) is 0. The van der Waals surface area contributed by atoms with Crippen molar-refractivity contribution in [1.29, 1.82) is 0 Å². The van der Waals surface area contributed by atoms with Gasteiger partial charge in [-0.05, 0) is 38.1 Å². The molecule has 0 heterocycles. The Labute approximate surface area is 84.8 Å². The van der Waals surface area contributed by atoms with Crippen LogP contribution in [-0.2, 0) is 0 Å². The van der Waals surface area contributed by atoms with Crippen LogP contribution in [0.25, 0.3) is 0 Å². The molecule has 0 aliphatic carbocycles. The molecule has 2 N–H and O–H groups in total. The molecule has 1 unspecified atom stereocenters. The lowest BCUT2D eigenvalue weighted by atomic mass is 10.3. The molecule has 0 aliphatic rings. The first-order valence-electron chi connectivity index (χ1n) is 4.83. The molecule has 1 rings (SSSR count). The van der Waals surface area contributed by atoms with Gasteiger partial charge in [-0.1, -0.05) is 0 Å². The molecule has 78 valence electrons. The van der Waals surface area contributed by atoms with Crippen LogP contribution in [0.5, 0.6) is 11.5 Å². The quantitative estimate of drug-likeness (QED) is 0.779. The van der Waals surface area contributed by atoms with Crippen molar-refractivity contribution in [2.24, 2.45) is 5.73 Å². The smallest absolute Gasteiger partial charge is 0.119 e. The summed E-state index contributed by atoms with van der Waals surface area (Å²) >= 11 is 0. The normalized spacial score (nSPS) is 12.2. The minimum Gasteiger partial charge on any atom is -0.494 e. The fourth-order valence-corrected chi connectivity index (χ4v) is 1.03. The summed E-state index contributed by atoms with van der Waals surface area (Å²) in [6.45, 7) is 5.09. The van der Waals surface area contributed by atoms with Gasteiger partial charge in [-0.2, -0.15) is 0 Å². The van der Waals surface area contributed by atoms with Gasteiger partial charge in [0.05, 0.1) is 6.61 Å². The second kappa shape index (κ2) is 5.50. The Morgan fingerprint density at radius 3 is 2.07 bits per heavy atom. The minimum atomic E-state index is 0.0570. The molecule has 0 radical (unpaired) electrons. The third-order valence-electron chi connectivity index (χ3n) is 1.65. The SMILES string of the molecule is CCOc1ccc(OCC(C)N)cc1. The summed E-state index contributed by atoms with van der Waals surface area (Å²) in [5.41, 5.74) is 5.57. The monoisotopic (exact) mass is 195 g/mol. The Morgan fingerprint density at radius 1 is 1.14 bits per heavy atom. The van der Waals surface area contributed by atoms with Crippen LogP contribution >= 0.6 is 0 Å². The van der Waals surface area contributed by atoms with Crippen molar-refractivity contribution >= 4 is 0 Å². The van der Waals surface area contributed by atoms with Crippen LogP contribution < -0.4 is 15.2 Å². The zero-order valence-corrected chi connectivity index (χ0v) is 8.69. The molecule has 0 bridgehead atoms.